The summed E-state index contributed by atoms with van der Waals surface area (Å²) in [6, 6.07) is -0.185. The van der Waals surface area contributed by atoms with E-state index in [1.54, 1.807) is 4.90 Å². The van der Waals surface area contributed by atoms with Crippen LogP contribution in [0.5, 0.6) is 0 Å². The van der Waals surface area contributed by atoms with E-state index in [1.807, 2.05) is 6.92 Å². The Labute approximate surface area is 119 Å². The molecule has 0 aromatic carbocycles. The zero-order chi connectivity index (χ0) is 14.5. The first-order valence-corrected chi connectivity index (χ1v) is 7.45. The standard InChI is InChI=1S/C14H24N2O4/c1-10-8-16(9-12(10)13(17)18)14(19)15-6-7-20-11-4-2-3-5-11/h10-12H,2-9H2,1H3,(H,15,19)(H,17,18)/t10-,12-/m1/s1. The highest BCUT2D eigenvalue weighted by atomic mass is 16.5. The second kappa shape index (κ2) is 6.92. The van der Waals surface area contributed by atoms with E-state index in [0.717, 1.165) is 12.8 Å². The number of hydrogen-bond acceptors (Lipinski definition) is 3. The average Bonchev–Trinajstić information content (AvgIpc) is 3.03. The van der Waals surface area contributed by atoms with Gasteiger partial charge in [-0.1, -0.05) is 19.8 Å². The van der Waals surface area contributed by atoms with Crippen molar-refractivity contribution in [3.8, 4) is 0 Å². The van der Waals surface area contributed by atoms with Crippen molar-refractivity contribution >= 4 is 12.0 Å². The Hall–Kier alpha value is -1.30. The lowest BCUT2D eigenvalue weighted by Crippen LogP contribution is -2.40. The van der Waals surface area contributed by atoms with Crippen molar-refractivity contribution in [2.75, 3.05) is 26.2 Å². The molecule has 1 heterocycles. The smallest absolute Gasteiger partial charge is 0.317 e. The van der Waals surface area contributed by atoms with Crippen molar-refractivity contribution in [2.24, 2.45) is 11.8 Å². The molecule has 114 valence electrons. The predicted molar refractivity (Wildman–Crippen MR) is 73.5 cm³/mol. The van der Waals surface area contributed by atoms with Crippen molar-refractivity contribution in [1.82, 2.24) is 10.2 Å². The number of aliphatic carboxylic acids is 1. The SMILES string of the molecule is C[C@@H]1CN(C(=O)NCCOC2CCCC2)C[C@H]1C(=O)O. The number of carboxylic acid groups (broad SMARTS) is 1. The van der Waals surface area contributed by atoms with Crippen molar-refractivity contribution < 1.29 is 19.4 Å². The number of carbonyl (C=O) groups is 2. The third-order valence-electron chi connectivity index (χ3n) is 4.25. The van der Waals surface area contributed by atoms with E-state index >= 15 is 0 Å². The Bertz CT molecular complexity index is 355. The van der Waals surface area contributed by atoms with Crippen LogP contribution in [-0.4, -0.2) is 54.4 Å². The van der Waals surface area contributed by atoms with Crippen LogP contribution in [0.1, 0.15) is 32.6 Å². The van der Waals surface area contributed by atoms with Gasteiger partial charge < -0.3 is 20.1 Å². The maximum atomic E-state index is 11.9. The maximum Gasteiger partial charge on any atom is 0.317 e. The Morgan fingerprint density at radius 1 is 1.30 bits per heavy atom. The summed E-state index contributed by atoms with van der Waals surface area (Å²) in [5.41, 5.74) is 0. The van der Waals surface area contributed by atoms with Crippen LogP contribution in [-0.2, 0) is 9.53 Å². The number of urea groups is 1. The summed E-state index contributed by atoms with van der Waals surface area (Å²) < 4.78 is 5.67. The lowest BCUT2D eigenvalue weighted by Gasteiger charge is -2.17. The Morgan fingerprint density at radius 3 is 2.60 bits per heavy atom. The minimum absolute atomic E-state index is 0.00740. The summed E-state index contributed by atoms with van der Waals surface area (Å²) >= 11 is 0. The average molecular weight is 284 g/mol. The molecule has 1 aliphatic heterocycles. The minimum Gasteiger partial charge on any atom is -0.481 e. The molecule has 6 heteroatoms. The first kappa shape index (κ1) is 15.1. The third kappa shape index (κ3) is 3.85. The third-order valence-corrected chi connectivity index (χ3v) is 4.25. The molecule has 0 unspecified atom stereocenters. The second-order valence-corrected chi connectivity index (χ2v) is 5.84. The Kier molecular flexibility index (Phi) is 5.23. The number of carbonyl (C=O) groups excluding carboxylic acids is 1. The summed E-state index contributed by atoms with van der Waals surface area (Å²) in [5.74, 6) is -1.26. The molecular formula is C14H24N2O4. The van der Waals surface area contributed by atoms with E-state index < -0.39 is 11.9 Å². The van der Waals surface area contributed by atoms with E-state index in [2.05, 4.69) is 5.32 Å². The normalized spacial score (nSPS) is 26.9. The zero-order valence-electron chi connectivity index (χ0n) is 12.0. The quantitative estimate of drug-likeness (QED) is 0.746. The maximum absolute atomic E-state index is 11.9. The highest BCUT2D eigenvalue weighted by molar-refractivity contribution is 5.77. The van der Waals surface area contributed by atoms with Crippen molar-refractivity contribution in [3.05, 3.63) is 0 Å². The molecule has 2 fully saturated rings. The fourth-order valence-electron chi connectivity index (χ4n) is 3.00. The number of nitrogens with zero attached hydrogens (tertiary/aromatic N) is 1. The van der Waals surface area contributed by atoms with E-state index in [-0.39, 0.29) is 11.9 Å². The largest absolute Gasteiger partial charge is 0.481 e. The van der Waals surface area contributed by atoms with Crippen LogP contribution in [0.25, 0.3) is 0 Å². The van der Waals surface area contributed by atoms with Gasteiger partial charge in [-0.15, -0.1) is 0 Å². The van der Waals surface area contributed by atoms with Crippen molar-refractivity contribution in [3.63, 3.8) is 0 Å². The summed E-state index contributed by atoms with van der Waals surface area (Å²) in [5, 5.41) is 11.8. The highest BCUT2D eigenvalue weighted by Gasteiger charge is 2.36. The van der Waals surface area contributed by atoms with E-state index in [4.69, 9.17) is 9.84 Å². The van der Waals surface area contributed by atoms with Crippen LogP contribution in [0, 0.1) is 11.8 Å². The first-order chi connectivity index (χ1) is 9.58. The number of likely N-dealkylation sites (tertiary alicyclic amines) is 1. The Morgan fingerprint density at radius 2 is 2.00 bits per heavy atom. The number of hydrogen-bond donors (Lipinski definition) is 2. The van der Waals surface area contributed by atoms with E-state index in [1.165, 1.54) is 12.8 Å². The number of amides is 2. The van der Waals surface area contributed by atoms with E-state index in [9.17, 15) is 9.59 Å². The molecular weight excluding hydrogens is 260 g/mol. The first-order valence-electron chi connectivity index (χ1n) is 7.45. The lowest BCUT2D eigenvalue weighted by atomic mass is 9.99. The fourth-order valence-corrected chi connectivity index (χ4v) is 3.00. The molecule has 2 N–H and O–H groups in total. The number of ether oxygens (including phenoxy) is 1. The molecule has 1 saturated carbocycles. The summed E-state index contributed by atoms with van der Waals surface area (Å²) in [6.07, 6.45) is 5.07. The number of rotatable bonds is 5. The summed E-state index contributed by atoms with van der Waals surface area (Å²) in [4.78, 5) is 24.5. The molecule has 0 aromatic rings. The van der Waals surface area contributed by atoms with Gasteiger partial charge in [0.15, 0.2) is 0 Å². The molecule has 2 amide bonds. The lowest BCUT2D eigenvalue weighted by molar-refractivity contribution is -0.142. The van der Waals surface area contributed by atoms with E-state index in [0.29, 0.717) is 32.3 Å². The summed E-state index contributed by atoms with van der Waals surface area (Å²) in [6.45, 7) is 3.69. The minimum atomic E-state index is -0.822. The zero-order valence-corrected chi connectivity index (χ0v) is 12.0. The van der Waals surface area contributed by atoms with Crippen LogP contribution in [0.2, 0.25) is 0 Å². The number of nitrogens with one attached hydrogen (secondary N) is 1. The molecule has 20 heavy (non-hydrogen) atoms. The molecule has 1 aliphatic carbocycles. The van der Waals surface area contributed by atoms with Gasteiger partial charge in [0.1, 0.15) is 0 Å². The molecule has 0 bridgehead atoms. The van der Waals surface area contributed by atoms with Gasteiger partial charge in [0, 0.05) is 19.6 Å². The Balaban J connectivity index is 1.63. The number of carboxylic acids is 1. The van der Waals surface area contributed by atoms with Crippen LogP contribution < -0.4 is 5.32 Å². The molecule has 0 radical (unpaired) electrons. The highest BCUT2D eigenvalue weighted by Crippen LogP contribution is 2.23. The molecule has 2 rings (SSSR count). The van der Waals surface area contributed by atoms with Crippen LogP contribution in [0.15, 0.2) is 0 Å². The van der Waals surface area contributed by atoms with Crippen LogP contribution in [0.3, 0.4) is 0 Å². The van der Waals surface area contributed by atoms with Gasteiger partial charge in [-0.3, -0.25) is 4.79 Å². The molecule has 6 nitrogen and oxygen atoms in total. The van der Waals surface area contributed by atoms with Gasteiger partial charge in [-0.2, -0.15) is 0 Å². The van der Waals surface area contributed by atoms with Gasteiger partial charge in [0.2, 0.25) is 0 Å². The predicted octanol–water partition coefficient (Wildman–Crippen LogP) is 1.31. The molecule has 2 atom stereocenters. The molecule has 1 saturated heterocycles. The van der Waals surface area contributed by atoms with Gasteiger partial charge in [-0.25, -0.2) is 4.79 Å². The van der Waals surface area contributed by atoms with Gasteiger partial charge in [0.25, 0.3) is 0 Å². The van der Waals surface area contributed by atoms with Crippen LogP contribution >= 0.6 is 0 Å². The van der Waals surface area contributed by atoms with Gasteiger partial charge in [0.05, 0.1) is 18.6 Å². The van der Waals surface area contributed by atoms with Gasteiger partial charge in [-0.05, 0) is 18.8 Å². The summed E-state index contributed by atoms with van der Waals surface area (Å²) in [7, 11) is 0. The molecule has 2 aliphatic rings. The fraction of sp³-hybridized carbons (Fsp3) is 0.857. The van der Waals surface area contributed by atoms with Crippen molar-refractivity contribution in [2.45, 2.75) is 38.7 Å². The van der Waals surface area contributed by atoms with Crippen LogP contribution in [0.4, 0.5) is 4.79 Å². The second-order valence-electron chi connectivity index (χ2n) is 5.84. The van der Waals surface area contributed by atoms with Crippen molar-refractivity contribution in [1.29, 1.82) is 0 Å². The van der Waals surface area contributed by atoms with Gasteiger partial charge >= 0.3 is 12.0 Å². The molecule has 0 aromatic heterocycles. The molecule has 0 spiro atoms. The monoisotopic (exact) mass is 284 g/mol. The topological polar surface area (TPSA) is 78.9 Å².